The van der Waals surface area contributed by atoms with E-state index in [0.29, 0.717) is 19.8 Å². The van der Waals surface area contributed by atoms with Crippen LogP contribution in [0.4, 0.5) is 0 Å². The van der Waals surface area contributed by atoms with Gasteiger partial charge in [-0.15, -0.1) is 0 Å². The Kier molecular flexibility index (Phi) is 6.67. The number of rotatable bonds is 6. The first-order chi connectivity index (χ1) is 8.65. The Morgan fingerprint density at radius 3 is 2.72 bits per heavy atom. The molecule has 1 fully saturated rings. The van der Waals surface area contributed by atoms with Crippen LogP contribution in [0.15, 0.2) is 0 Å². The minimum Gasteiger partial charge on any atom is -0.466 e. The molecule has 0 bridgehead atoms. The second kappa shape index (κ2) is 8.05. The van der Waals surface area contributed by atoms with E-state index in [2.05, 4.69) is 5.32 Å². The van der Waals surface area contributed by atoms with Gasteiger partial charge in [-0.3, -0.25) is 9.59 Å². The molecule has 0 spiro atoms. The summed E-state index contributed by atoms with van der Waals surface area (Å²) in [6.45, 7) is 3.70. The highest BCUT2D eigenvalue weighted by Gasteiger charge is 2.26. The smallest absolute Gasteiger partial charge is 0.307 e. The summed E-state index contributed by atoms with van der Waals surface area (Å²) in [4.78, 5) is 22.8. The molecule has 0 aromatic carbocycles. The zero-order valence-electron chi connectivity index (χ0n) is 10.8. The number of carbonyl (C=O) groups excluding carboxylic acids is 2. The van der Waals surface area contributed by atoms with Gasteiger partial charge in [-0.2, -0.15) is 0 Å². The van der Waals surface area contributed by atoms with Crippen molar-refractivity contribution in [2.24, 2.45) is 11.7 Å². The first-order valence-corrected chi connectivity index (χ1v) is 6.41. The Morgan fingerprint density at radius 1 is 1.44 bits per heavy atom. The van der Waals surface area contributed by atoms with Crippen molar-refractivity contribution < 1.29 is 19.1 Å². The normalized spacial score (nSPS) is 18.1. The van der Waals surface area contributed by atoms with Crippen molar-refractivity contribution in [1.29, 1.82) is 0 Å². The van der Waals surface area contributed by atoms with Crippen LogP contribution < -0.4 is 11.1 Å². The molecule has 1 unspecified atom stereocenters. The molecule has 0 aliphatic carbocycles. The maximum Gasteiger partial charge on any atom is 0.307 e. The van der Waals surface area contributed by atoms with Gasteiger partial charge in [0.1, 0.15) is 0 Å². The number of hydrogen-bond acceptors (Lipinski definition) is 5. The van der Waals surface area contributed by atoms with E-state index in [1.54, 1.807) is 6.92 Å². The highest BCUT2D eigenvalue weighted by Crippen LogP contribution is 2.17. The predicted molar refractivity (Wildman–Crippen MR) is 65.8 cm³/mol. The third kappa shape index (κ3) is 5.01. The maximum absolute atomic E-state index is 11.8. The molecule has 1 aliphatic rings. The summed E-state index contributed by atoms with van der Waals surface area (Å²) in [6, 6.07) is -0.518. The van der Waals surface area contributed by atoms with Gasteiger partial charge in [-0.1, -0.05) is 0 Å². The summed E-state index contributed by atoms with van der Waals surface area (Å²) in [6.07, 6.45) is 1.80. The SMILES string of the molecule is CCOC(=O)CCNC(=O)C(N)C1CCOCC1. The number of esters is 1. The highest BCUT2D eigenvalue weighted by molar-refractivity contribution is 5.82. The van der Waals surface area contributed by atoms with Gasteiger partial charge >= 0.3 is 5.97 Å². The van der Waals surface area contributed by atoms with E-state index in [1.807, 2.05) is 0 Å². The van der Waals surface area contributed by atoms with Crippen molar-refractivity contribution in [2.75, 3.05) is 26.4 Å². The Balaban J connectivity index is 2.20. The summed E-state index contributed by atoms with van der Waals surface area (Å²) in [7, 11) is 0. The van der Waals surface area contributed by atoms with Crippen LogP contribution in [0.3, 0.4) is 0 Å². The fourth-order valence-electron chi connectivity index (χ4n) is 1.93. The third-order valence-electron chi connectivity index (χ3n) is 3.01. The molecule has 1 atom stereocenters. The molecule has 1 amide bonds. The maximum atomic E-state index is 11.8. The summed E-state index contributed by atoms with van der Waals surface area (Å²) < 4.78 is 9.98. The van der Waals surface area contributed by atoms with Crippen LogP contribution in [0.5, 0.6) is 0 Å². The zero-order valence-corrected chi connectivity index (χ0v) is 10.8. The van der Waals surface area contributed by atoms with Crippen molar-refractivity contribution in [2.45, 2.75) is 32.2 Å². The van der Waals surface area contributed by atoms with Crippen molar-refractivity contribution in [3.8, 4) is 0 Å². The lowest BCUT2D eigenvalue weighted by Gasteiger charge is -2.26. The van der Waals surface area contributed by atoms with Crippen molar-refractivity contribution in [3.05, 3.63) is 0 Å². The molecule has 1 heterocycles. The predicted octanol–water partition coefficient (Wildman–Crippen LogP) is -0.190. The van der Waals surface area contributed by atoms with Crippen molar-refractivity contribution in [3.63, 3.8) is 0 Å². The van der Waals surface area contributed by atoms with E-state index >= 15 is 0 Å². The van der Waals surface area contributed by atoms with Crippen LogP contribution in [0.1, 0.15) is 26.2 Å². The average molecular weight is 258 g/mol. The molecular formula is C12H22N2O4. The molecule has 0 aromatic rings. The van der Waals surface area contributed by atoms with E-state index in [9.17, 15) is 9.59 Å². The monoisotopic (exact) mass is 258 g/mol. The first-order valence-electron chi connectivity index (χ1n) is 6.41. The number of nitrogens with two attached hydrogens (primary N) is 1. The van der Waals surface area contributed by atoms with Crippen LogP contribution in [0.2, 0.25) is 0 Å². The van der Waals surface area contributed by atoms with Crippen LogP contribution in [-0.4, -0.2) is 44.3 Å². The topological polar surface area (TPSA) is 90.7 Å². The second-order valence-electron chi connectivity index (χ2n) is 4.32. The molecule has 0 radical (unpaired) electrons. The van der Waals surface area contributed by atoms with Gasteiger partial charge in [-0.05, 0) is 25.7 Å². The summed E-state index contributed by atoms with van der Waals surface area (Å²) in [5, 5.41) is 2.66. The molecule has 6 nitrogen and oxygen atoms in total. The lowest BCUT2D eigenvalue weighted by atomic mass is 9.92. The van der Waals surface area contributed by atoms with Crippen LogP contribution >= 0.6 is 0 Å². The summed E-state index contributed by atoms with van der Waals surface area (Å²) >= 11 is 0. The highest BCUT2D eigenvalue weighted by atomic mass is 16.5. The molecule has 3 N–H and O–H groups in total. The number of amides is 1. The Morgan fingerprint density at radius 2 is 2.11 bits per heavy atom. The molecular weight excluding hydrogens is 236 g/mol. The molecule has 1 saturated heterocycles. The molecule has 6 heteroatoms. The van der Waals surface area contributed by atoms with E-state index < -0.39 is 6.04 Å². The van der Waals surface area contributed by atoms with Gasteiger partial charge in [-0.25, -0.2) is 0 Å². The molecule has 18 heavy (non-hydrogen) atoms. The third-order valence-corrected chi connectivity index (χ3v) is 3.01. The van der Waals surface area contributed by atoms with Gasteiger partial charge in [0.15, 0.2) is 0 Å². The average Bonchev–Trinajstić information content (AvgIpc) is 2.39. The van der Waals surface area contributed by atoms with Gasteiger partial charge < -0.3 is 20.5 Å². The Hall–Kier alpha value is -1.14. The summed E-state index contributed by atoms with van der Waals surface area (Å²) in [5.41, 5.74) is 5.88. The number of hydrogen-bond donors (Lipinski definition) is 2. The number of ether oxygens (including phenoxy) is 2. The second-order valence-corrected chi connectivity index (χ2v) is 4.32. The fraction of sp³-hybridized carbons (Fsp3) is 0.833. The van der Waals surface area contributed by atoms with Gasteiger partial charge in [0, 0.05) is 19.8 Å². The van der Waals surface area contributed by atoms with Gasteiger partial charge in [0.2, 0.25) is 5.91 Å². The lowest BCUT2D eigenvalue weighted by molar-refractivity contribution is -0.143. The van der Waals surface area contributed by atoms with Gasteiger partial charge in [0.25, 0.3) is 0 Å². The van der Waals surface area contributed by atoms with Crippen LogP contribution in [0.25, 0.3) is 0 Å². The van der Waals surface area contributed by atoms with E-state index in [-0.39, 0.29) is 30.8 Å². The van der Waals surface area contributed by atoms with Crippen molar-refractivity contribution >= 4 is 11.9 Å². The lowest BCUT2D eigenvalue weighted by Crippen LogP contribution is -2.47. The standard InChI is InChI=1S/C12H22N2O4/c1-2-18-10(15)3-6-14-12(16)11(13)9-4-7-17-8-5-9/h9,11H,2-8,13H2,1H3,(H,14,16). The molecule has 1 aliphatic heterocycles. The van der Waals surface area contributed by atoms with E-state index in [4.69, 9.17) is 15.2 Å². The van der Waals surface area contributed by atoms with Crippen molar-refractivity contribution in [1.82, 2.24) is 5.32 Å². The minimum atomic E-state index is -0.518. The largest absolute Gasteiger partial charge is 0.466 e. The number of carbonyl (C=O) groups is 2. The summed E-state index contributed by atoms with van der Waals surface area (Å²) in [5.74, 6) is -0.343. The molecule has 0 saturated carbocycles. The van der Waals surface area contributed by atoms with Gasteiger partial charge in [0.05, 0.1) is 19.1 Å². The van der Waals surface area contributed by atoms with Crippen LogP contribution in [-0.2, 0) is 19.1 Å². The van der Waals surface area contributed by atoms with E-state index in [1.165, 1.54) is 0 Å². The first kappa shape index (κ1) is 14.9. The van der Waals surface area contributed by atoms with E-state index in [0.717, 1.165) is 12.8 Å². The Labute approximate surface area is 107 Å². The zero-order chi connectivity index (χ0) is 13.4. The molecule has 1 rings (SSSR count). The molecule has 0 aromatic heterocycles. The number of nitrogens with one attached hydrogen (secondary N) is 1. The Bertz CT molecular complexity index is 277. The molecule has 104 valence electrons. The minimum absolute atomic E-state index is 0.168. The van der Waals surface area contributed by atoms with Crippen LogP contribution in [0, 0.1) is 5.92 Å². The quantitative estimate of drug-likeness (QED) is 0.644. The fourth-order valence-corrected chi connectivity index (χ4v) is 1.93.